The third-order valence-electron chi connectivity index (χ3n) is 4.09. The van der Waals surface area contributed by atoms with E-state index >= 15 is 0 Å². The Labute approximate surface area is 166 Å². The fraction of sp³-hybridized carbons (Fsp3) is 0.300. The first-order valence-corrected chi connectivity index (χ1v) is 9.90. The molecule has 1 aromatic heterocycles. The molecule has 0 bridgehead atoms. The lowest BCUT2D eigenvalue weighted by molar-refractivity contribution is -0.116. The number of nitrogens with zero attached hydrogens (tertiary/aromatic N) is 1. The van der Waals surface area contributed by atoms with Crippen LogP contribution in [0.25, 0.3) is 22.6 Å². The summed E-state index contributed by atoms with van der Waals surface area (Å²) in [5.74, 6) is 0.480. The van der Waals surface area contributed by atoms with Crippen molar-refractivity contribution in [3.63, 3.8) is 0 Å². The Morgan fingerprint density at radius 3 is 2.85 bits per heavy atom. The largest absolute Gasteiger partial charge is 0.436 e. The van der Waals surface area contributed by atoms with E-state index in [1.165, 1.54) is 6.42 Å². The molecule has 0 saturated heterocycles. The molecule has 0 aliphatic carbocycles. The molecule has 1 amide bonds. The van der Waals surface area contributed by atoms with Crippen LogP contribution in [0.3, 0.4) is 0 Å². The van der Waals surface area contributed by atoms with Gasteiger partial charge in [-0.1, -0.05) is 53.7 Å². The van der Waals surface area contributed by atoms with Crippen LogP contribution in [0.1, 0.15) is 39.0 Å². The van der Waals surface area contributed by atoms with E-state index in [0.29, 0.717) is 28.4 Å². The smallest absolute Gasteiger partial charge is 0.228 e. The summed E-state index contributed by atoms with van der Waals surface area (Å²) >= 11 is 9.68. The number of halogens is 2. The number of hydrogen-bond donors (Lipinski definition) is 1. The van der Waals surface area contributed by atoms with E-state index in [4.69, 9.17) is 16.0 Å². The molecule has 26 heavy (non-hydrogen) atoms. The van der Waals surface area contributed by atoms with Crippen molar-refractivity contribution in [2.75, 3.05) is 5.32 Å². The average molecular weight is 436 g/mol. The van der Waals surface area contributed by atoms with Crippen molar-refractivity contribution in [1.29, 1.82) is 0 Å². The first kappa shape index (κ1) is 18.9. The normalized spacial score (nSPS) is 11.0. The van der Waals surface area contributed by atoms with E-state index in [0.717, 1.165) is 35.0 Å². The highest BCUT2D eigenvalue weighted by Crippen LogP contribution is 2.32. The van der Waals surface area contributed by atoms with Crippen LogP contribution in [-0.4, -0.2) is 10.9 Å². The third kappa shape index (κ3) is 4.65. The monoisotopic (exact) mass is 434 g/mol. The SMILES string of the molecule is CCCCCCC(=O)Nc1ccc2oc(-c3cc(Br)ccc3Cl)nc2c1. The first-order chi connectivity index (χ1) is 12.6. The second-order valence-corrected chi connectivity index (χ2v) is 7.51. The van der Waals surface area contributed by atoms with Crippen molar-refractivity contribution in [2.24, 2.45) is 0 Å². The molecule has 0 saturated carbocycles. The number of rotatable bonds is 7. The molecular weight excluding hydrogens is 416 g/mol. The maximum Gasteiger partial charge on any atom is 0.228 e. The van der Waals surface area contributed by atoms with Gasteiger partial charge in [-0.05, 0) is 42.8 Å². The summed E-state index contributed by atoms with van der Waals surface area (Å²) in [4.78, 5) is 16.6. The van der Waals surface area contributed by atoms with Gasteiger partial charge in [0, 0.05) is 16.6 Å². The van der Waals surface area contributed by atoms with E-state index < -0.39 is 0 Å². The Morgan fingerprint density at radius 2 is 2.04 bits per heavy atom. The zero-order chi connectivity index (χ0) is 18.5. The highest BCUT2D eigenvalue weighted by Gasteiger charge is 2.13. The summed E-state index contributed by atoms with van der Waals surface area (Å²) in [6, 6.07) is 11.0. The summed E-state index contributed by atoms with van der Waals surface area (Å²) in [6.45, 7) is 2.16. The maximum atomic E-state index is 12.0. The molecule has 0 unspecified atom stereocenters. The van der Waals surface area contributed by atoms with Crippen molar-refractivity contribution in [3.8, 4) is 11.5 Å². The van der Waals surface area contributed by atoms with E-state index in [9.17, 15) is 4.79 Å². The molecular formula is C20H20BrClN2O2. The minimum absolute atomic E-state index is 0.0270. The minimum Gasteiger partial charge on any atom is -0.436 e. The van der Waals surface area contributed by atoms with Gasteiger partial charge in [0.1, 0.15) is 5.52 Å². The van der Waals surface area contributed by atoms with Gasteiger partial charge in [-0.15, -0.1) is 0 Å². The van der Waals surface area contributed by atoms with Gasteiger partial charge in [0.15, 0.2) is 5.58 Å². The van der Waals surface area contributed by atoms with Crippen molar-refractivity contribution >= 4 is 50.2 Å². The van der Waals surface area contributed by atoms with Crippen LogP contribution in [0, 0.1) is 0 Å². The van der Waals surface area contributed by atoms with Crippen molar-refractivity contribution < 1.29 is 9.21 Å². The molecule has 3 rings (SSSR count). The summed E-state index contributed by atoms with van der Waals surface area (Å²) < 4.78 is 6.71. The van der Waals surface area contributed by atoms with Crippen LogP contribution in [0.2, 0.25) is 5.02 Å². The number of fused-ring (bicyclic) bond motifs is 1. The molecule has 0 spiro atoms. The lowest BCUT2D eigenvalue weighted by atomic mass is 10.1. The van der Waals surface area contributed by atoms with Crippen molar-refractivity contribution in [3.05, 3.63) is 45.9 Å². The van der Waals surface area contributed by atoms with Gasteiger partial charge in [-0.2, -0.15) is 0 Å². The van der Waals surface area contributed by atoms with Gasteiger partial charge in [0.05, 0.1) is 10.6 Å². The summed E-state index contributed by atoms with van der Waals surface area (Å²) in [6.07, 6.45) is 4.87. The van der Waals surface area contributed by atoms with Gasteiger partial charge in [0.25, 0.3) is 0 Å². The standard InChI is InChI=1S/C20H20BrClN2O2/c1-2-3-4-5-6-19(25)23-14-8-10-18-17(12-14)24-20(26-18)15-11-13(21)7-9-16(15)22/h7-12H,2-6H2,1H3,(H,23,25). The lowest BCUT2D eigenvalue weighted by Crippen LogP contribution is -2.10. The molecule has 1 N–H and O–H groups in total. The van der Waals surface area contributed by atoms with Crippen LogP contribution < -0.4 is 5.32 Å². The van der Waals surface area contributed by atoms with Crippen LogP contribution in [-0.2, 0) is 4.79 Å². The first-order valence-electron chi connectivity index (χ1n) is 8.72. The molecule has 0 aliphatic rings. The van der Waals surface area contributed by atoms with E-state index in [1.807, 2.05) is 30.3 Å². The molecule has 6 heteroatoms. The number of aromatic nitrogens is 1. The minimum atomic E-state index is 0.0270. The summed E-state index contributed by atoms with van der Waals surface area (Å²) in [5.41, 5.74) is 2.77. The highest BCUT2D eigenvalue weighted by molar-refractivity contribution is 9.10. The predicted octanol–water partition coefficient (Wildman–Crippen LogP) is 6.82. The molecule has 0 atom stereocenters. The van der Waals surface area contributed by atoms with Gasteiger partial charge in [0.2, 0.25) is 11.8 Å². The fourth-order valence-corrected chi connectivity index (χ4v) is 3.28. The van der Waals surface area contributed by atoms with Crippen LogP contribution in [0.5, 0.6) is 0 Å². The van der Waals surface area contributed by atoms with Gasteiger partial charge in [-0.3, -0.25) is 4.79 Å². The fourth-order valence-electron chi connectivity index (χ4n) is 2.72. The molecule has 0 aliphatic heterocycles. The van der Waals surface area contributed by atoms with Crippen molar-refractivity contribution in [1.82, 2.24) is 4.98 Å². The quantitative estimate of drug-likeness (QED) is 0.414. The van der Waals surface area contributed by atoms with Gasteiger partial charge in [-0.25, -0.2) is 4.98 Å². The zero-order valence-electron chi connectivity index (χ0n) is 14.5. The molecule has 0 fully saturated rings. The molecule has 1 heterocycles. The number of anilines is 1. The molecule has 4 nitrogen and oxygen atoms in total. The van der Waals surface area contributed by atoms with Gasteiger partial charge >= 0.3 is 0 Å². The van der Waals surface area contributed by atoms with Crippen molar-refractivity contribution in [2.45, 2.75) is 39.0 Å². The Balaban J connectivity index is 1.75. The lowest BCUT2D eigenvalue weighted by Gasteiger charge is -2.04. The maximum absolute atomic E-state index is 12.0. The van der Waals surface area contributed by atoms with Crippen LogP contribution in [0.4, 0.5) is 5.69 Å². The number of carbonyl (C=O) groups excluding carboxylic acids is 1. The summed E-state index contributed by atoms with van der Waals surface area (Å²) in [7, 11) is 0. The number of amides is 1. The highest BCUT2D eigenvalue weighted by atomic mass is 79.9. The third-order valence-corrected chi connectivity index (χ3v) is 4.91. The van der Waals surface area contributed by atoms with Gasteiger partial charge < -0.3 is 9.73 Å². The number of oxazole rings is 1. The number of carbonyl (C=O) groups is 1. The predicted molar refractivity (Wildman–Crippen MR) is 110 cm³/mol. The molecule has 2 aromatic carbocycles. The Hall–Kier alpha value is -1.85. The topological polar surface area (TPSA) is 55.1 Å². The van der Waals surface area contributed by atoms with E-state index in [-0.39, 0.29) is 5.91 Å². The molecule has 3 aromatic rings. The number of unbranched alkanes of at least 4 members (excludes halogenated alkanes) is 3. The zero-order valence-corrected chi connectivity index (χ0v) is 16.9. The van der Waals surface area contributed by atoms with E-state index in [2.05, 4.69) is 33.2 Å². The molecule has 0 radical (unpaired) electrons. The number of nitrogens with one attached hydrogen (secondary N) is 1. The second kappa shape index (κ2) is 8.69. The summed E-state index contributed by atoms with van der Waals surface area (Å²) in [5, 5.41) is 3.50. The Bertz CT molecular complexity index is 923. The molecule has 136 valence electrons. The Morgan fingerprint density at radius 1 is 1.19 bits per heavy atom. The van der Waals surface area contributed by atoms with E-state index in [1.54, 1.807) is 6.07 Å². The average Bonchev–Trinajstić information content (AvgIpc) is 3.04. The second-order valence-electron chi connectivity index (χ2n) is 6.18. The van der Waals surface area contributed by atoms with Crippen LogP contribution in [0.15, 0.2) is 45.3 Å². The number of hydrogen-bond acceptors (Lipinski definition) is 3. The van der Waals surface area contributed by atoms with Crippen LogP contribution >= 0.6 is 27.5 Å². The Kier molecular flexibility index (Phi) is 6.33. The number of benzene rings is 2.